The zero-order chi connectivity index (χ0) is 14.5. The first-order valence-electron chi connectivity index (χ1n) is 5.88. The van der Waals surface area contributed by atoms with Gasteiger partial charge < -0.3 is 10.2 Å². The van der Waals surface area contributed by atoms with Crippen molar-refractivity contribution < 1.29 is 23.4 Å². The van der Waals surface area contributed by atoms with Crippen molar-refractivity contribution in [3.63, 3.8) is 0 Å². The maximum atomic E-state index is 11.8. The predicted octanol–water partition coefficient (Wildman–Crippen LogP) is 0.824. The lowest BCUT2D eigenvalue weighted by atomic mass is 10.2. The molecule has 0 radical (unpaired) electrons. The Morgan fingerprint density at radius 2 is 1.89 bits per heavy atom. The van der Waals surface area contributed by atoms with E-state index in [1.54, 1.807) is 0 Å². The molecule has 0 aromatic heterocycles. The van der Waals surface area contributed by atoms with Crippen LogP contribution in [0.4, 0.5) is 0 Å². The smallest absolute Gasteiger partial charge is 0.335 e. The normalized spacial score (nSPS) is 13.2. The van der Waals surface area contributed by atoms with E-state index >= 15 is 0 Å². The van der Waals surface area contributed by atoms with Crippen molar-refractivity contribution in [2.45, 2.75) is 30.8 Å². The number of aromatic carboxylic acids is 1. The standard InChI is InChI=1S/C12H17NO5S/c1-2-10(14)7-8-13-19(17,18)11-5-3-9(4-6-11)12(15)16/h3-6,10,13-14H,2,7-8H2,1H3,(H,15,16). The van der Waals surface area contributed by atoms with E-state index in [0.717, 1.165) is 0 Å². The number of nitrogens with one attached hydrogen (secondary N) is 1. The van der Waals surface area contributed by atoms with Gasteiger partial charge in [-0.05, 0) is 37.1 Å². The summed E-state index contributed by atoms with van der Waals surface area (Å²) >= 11 is 0. The van der Waals surface area contributed by atoms with E-state index < -0.39 is 22.1 Å². The van der Waals surface area contributed by atoms with Gasteiger partial charge >= 0.3 is 5.97 Å². The van der Waals surface area contributed by atoms with Crippen molar-refractivity contribution in [2.24, 2.45) is 0 Å². The van der Waals surface area contributed by atoms with Crippen molar-refractivity contribution in [1.82, 2.24) is 4.72 Å². The van der Waals surface area contributed by atoms with Gasteiger partial charge in [0.1, 0.15) is 0 Å². The van der Waals surface area contributed by atoms with Gasteiger partial charge in [0.2, 0.25) is 10.0 Å². The third-order valence-corrected chi connectivity index (χ3v) is 4.13. The van der Waals surface area contributed by atoms with E-state index in [9.17, 15) is 18.3 Å². The Kier molecular flexibility index (Phi) is 5.46. The molecule has 19 heavy (non-hydrogen) atoms. The first-order chi connectivity index (χ1) is 8.86. The van der Waals surface area contributed by atoms with Gasteiger partial charge in [-0.3, -0.25) is 0 Å². The molecule has 106 valence electrons. The number of rotatable bonds is 7. The molecule has 0 aliphatic carbocycles. The summed E-state index contributed by atoms with van der Waals surface area (Å²) in [7, 11) is -3.66. The van der Waals surface area contributed by atoms with Crippen LogP contribution in [0.5, 0.6) is 0 Å². The van der Waals surface area contributed by atoms with Crippen molar-refractivity contribution >= 4 is 16.0 Å². The number of hydrogen-bond acceptors (Lipinski definition) is 4. The number of benzene rings is 1. The number of aliphatic hydroxyl groups excluding tert-OH is 1. The van der Waals surface area contributed by atoms with Crippen LogP contribution in [0.25, 0.3) is 0 Å². The number of carboxylic acid groups (broad SMARTS) is 1. The number of aliphatic hydroxyl groups is 1. The summed E-state index contributed by atoms with van der Waals surface area (Å²) in [6.07, 6.45) is 0.370. The molecule has 7 heteroatoms. The van der Waals surface area contributed by atoms with E-state index in [1.807, 2.05) is 6.92 Å². The summed E-state index contributed by atoms with van der Waals surface area (Å²) in [5.41, 5.74) is 0.0281. The molecule has 0 bridgehead atoms. The van der Waals surface area contributed by atoms with Crippen molar-refractivity contribution in [3.8, 4) is 0 Å². The minimum Gasteiger partial charge on any atom is -0.478 e. The number of carboxylic acids is 1. The van der Waals surface area contributed by atoms with E-state index in [0.29, 0.717) is 12.8 Å². The Bertz CT molecular complexity index is 524. The highest BCUT2D eigenvalue weighted by atomic mass is 32.2. The second-order valence-corrected chi connectivity index (χ2v) is 5.85. The molecule has 1 aromatic carbocycles. The third kappa shape index (κ3) is 4.62. The van der Waals surface area contributed by atoms with Crippen LogP contribution < -0.4 is 4.72 Å². The Morgan fingerprint density at radius 1 is 1.32 bits per heavy atom. The molecule has 6 nitrogen and oxygen atoms in total. The number of hydrogen-bond donors (Lipinski definition) is 3. The van der Waals surface area contributed by atoms with Gasteiger partial charge in [-0.2, -0.15) is 0 Å². The quantitative estimate of drug-likeness (QED) is 0.689. The fourth-order valence-electron chi connectivity index (χ4n) is 1.42. The molecule has 1 unspecified atom stereocenters. The van der Waals surface area contributed by atoms with Crippen LogP contribution in [0, 0.1) is 0 Å². The van der Waals surface area contributed by atoms with Gasteiger partial charge in [0, 0.05) is 6.54 Å². The number of carbonyl (C=O) groups is 1. The fraction of sp³-hybridized carbons (Fsp3) is 0.417. The highest BCUT2D eigenvalue weighted by molar-refractivity contribution is 7.89. The maximum absolute atomic E-state index is 11.8. The van der Waals surface area contributed by atoms with Crippen LogP contribution in [0.1, 0.15) is 30.1 Å². The zero-order valence-electron chi connectivity index (χ0n) is 10.5. The topological polar surface area (TPSA) is 104 Å². The Hall–Kier alpha value is -1.44. The predicted molar refractivity (Wildman–Crippen MR) is 69.5 cm³/mol. The highest BCUT2D eigenvalue weighted by Gasteiger charge is 2.14. The zero-order valence-corrected chi connectivity index (χ0v) is 11.4. The fourth-order valence-corrected chi connectivity index (χ4v) is 2.47. The van der Waals surface area contributed by atoms with Gasteiger partial charge in [-0.15, -0.1) is 0 Å². The van der Waals surface area contributed by atoms with Gasteiger partial charge in [0.15, 0.2) is 0 Å². The molecule has 0 saturated heterocycles. The van der Waals surface area contributed by atoms with Gasteiger partial charge in [-0.1, -0.05) is 6.92 Å². The molecule has 0 heterocycles. The average molecular weight is 287 g/mol. The van der Waals surface area contributed by atoms with E-state index in [4.69, 9.17) is 5.11 Å². The van der Waals surface area contributed by atoms with Gasteiger partial charge in [0.05, 0.1) is 16.6 Å². The molecular weight excluding hydrogens is 270 g/mol. The lowest BCUT2D eigenvalue weighted by Gasteiger charge is -2.09. The average Bonchev–Trinajstić information content (AvgIpc) is 2.38. The summed E-state index contributed by atoms with van der Waals surface area (Å²) < 4.78 is 26.0. The second kappa shape index (κ2) is 6.65. The van der Waals surface area contributed by atoms with E-state index in [-0.39, 0.29) is 17.0 Å². The Balaban J connectivity index is 2.69. The lowest BCUT2D eigenvalue weighted by molar-refractivity contribution is 0.0696. The highest BCUT2D eigenvalue weighted by Crippen LogP contribution is 2.10. The molecule has 0 saturated carbocycles. The van der Waals surface area contributed by atoms with Crippen molar-refractivity contribution in [3.05, 3.63) is 29.8 Å². The van der Waals surface area contributed by atoms with Crippen LogP contribution in [0.2, 0.25) is 0 Å². The maximum Gasteiger partial charge on any atom is 0.335 e. The largest absolute Gasteiger partial charge is 0.478 e. The minimum absolute atomic E-state index is 0.00323. The van der Waals surface area contributed by atoms with Gasteiger partial charge in [-0.25, -0.2) is 17.9 Å². The molecule has 0 aliphatic rings. The first-order valence-corrected chi connectivity index (χ1v) is 7.36. The molecule has 1 aromatic rings. The molecule has 1 atom stereocenters. The summed E-state index contributed by atoms with van der Waals surface area (Å²) in [4.78, 5) is 10.7. The third-order valence-electron chi connectivity index (χ3n) is 2.65. The van der Waals surface area contributed by atoms with Crippen LogP contribution in [-0.2, 0) is 10.0 Å². The molecule has 0 amide bonds. The van der Waals surface area contributed by atoms with E-state index in [2.05, 4.69) is 4.72 Å². The van der Waals surface area contributed by atoms with Crippen LogP contribution in [0.3, 0.4) is 0 Å². The van der Waals surface area contributed by atoms with E-state index in [1.165, 1.54) is 24.3 Å². The number of sulfonamides is 1. The summed E-state index contributed by atoms with van der Waals surface area (Å²) in [6.45, 7) is 1.95. The van der Waals surface area contributed by atoms with Gasteiger partial charge in [0.25, 0.3) is 0 Å². The summed E-state index contributed by atoms with van der Waals surface area (Å²) in [5, 5.41) is 18.0. The van der Waals surface area contributed by atoms with Crippen LogP contribution in [-0.4, -0.2) is 37.2 Å². The Labute approximate surface area is 112 Å². The van der Waals surface area contributed by atoms with Crippen LogP contribution in [0.15, 0.2) is 29.2 Å². The molecule has 1 rings (SSSR count). The molecule has 0 aliphatic heterocycles. The van der Waals surface area contributed by atoms with Crippen molar-refractivity contribution in [1.29, 1.82) is 0 Å². The Morgan fingerprint density at radius 3 is 2.37 bits per heavy atom. The van der Waals surface area contributed by atoms with Crippen molar-refractivity contribution in [2.75, 3.05) is 6.54 Å². The lowest BCUT2D eigenvalue weighted by Crippen LogP contribution is -2.27. The van der Waals surface area contributed by atoms with Crippen LogP contribution >= 0.6 is 0 Å². The second-order valence-electron chi connectivity index (χ2n) is 4.08. The molecule has 0 fully saturated rings. The SMILES string of the molecule is CCC(O)CCNS(=O)(=O)c1ccc(C(=O)O)cc1. The summed E-state index contributed by atoms with van der Waals surface area (Å²) in [5.74, 6) is -1.11. The first kappa shape index (κ1) is 15.6. The molecule has 3 N–H and O–H groups in total. The summed E-state index contributed by atoms with van der Waals surface area (Å²) in [6, 6.07) is 4.94. The molecular formula is C12H17NO5S. The minimum atomic E-state index is -3.66. The molecule has 0 spiro atoms. The monoisotopic (exact) mass is 287 g/mol.